The number of carbonyl (C=O) groups excluding carboxylic acids is 1. The van der Waals surface area contributed by atoms with E-state index in [1.165, 1.54) is 7.05 Å². The summed E-state index contributed by atoms with van der Waals surface area (Å²) in [6, 6.07) is 0. The number of ether oxygens (including phenoxy) is 1. The highest BCUT2D eigenvalue weighted by atomic mass is 19.3. The first-order valence-electron chi connectivity index (χ1n) is 3.92. The first kappa shape index (κ1) is 10.6. The number of aryl methyl sites for hydroxylation is 1. The van der Waals surface area contributed by atoms with Crippen molar-refractivity contribution in [1.82, 2.24) is 14.8 Å². The molecule has 0 saturated carbocycles. The third kappa shape index (κ3) is 2.04. The zero-order valence-corrected chi connectivity index (χ0v) is 7.70. The minimum Gasteiger partial charge on any atom is -0.460 e. The van der Waals surface area contributed by atoms with Crippen LogP contribution in [0.3, 0.4) is 0 Å². The molecule has 0 amide bonds. The number of carbonyl (C=O) groups is 1. The van der Waals surface area contributed by atoms with Gasteiger partial charge in [0, 0.05) is 7.05 Å². The fourth-order valence-corrected chi connectivity index (χ4v) is 0.869. The Balaban J connectivity index is 2.90. The summed E-state index contributed by atoms with van der Waals surface area (Å²) in [6.07, 6.45) is -2.75. The van der Waals surface area contributed by atoms with Gasteiger partial charge in [0.1, 0.15) is 0 Å². The molecule has 0 aromatic carbocycles. The molecule has 0 atom stereocenters. The smallest absolute Gasteiger partial charge is 0.378 e. The molecule has 14 heavy (non-hydrogen) atoms. The minimum absolute atomic E-state index is 0.154. The van der Waals surface area contributed by atoms with E-state index in [4.69, 9.17) is 0 Å². The van der Waals surface area contributed by atoms with Crippen molar-refractivity contribution in [1.29, 1.82) is 0 Å². The van der Waals surface area contributed by atoms with Gasteiger partial charge in [-0.05, 0) is 6.92 Å². The molecular weight excluding hydrogens is 196 g/mol. The van der Waals surface area contributed by atoms with Gasteiger partial charge >= 0.3 is 5.97 Å². The van der Waals surface area contributed by atoms with Crippen molar-refractivity contribution >= 4 is 5.97 Å². The maximum Gasteiger partial charge on any atom is 0.378 e. The quantitative estimate of drug-likeness (QED) is 0.689. The van der Waals surface area contributed by atoms with Crippen LogP contribution in [0.5, 0.6) is 0 Å². The summed E-state index contributed by atoms with van der Waals surface area (Å²) in [5, 5.41) is 3.50. The molecule has 0 aliphatic rings. The Morgan fingerprint density at radius 1 is 1.64 bits per heavy atom. The normalized spacial score (nSPS) is 10.6. The van der Waals surface area contributed by atoms with E-state index < -0.39 is 18.2 Å². The van der Waals surface area contributed by atoms with Gasteiger partial charge in [-0.15, -0.1) is 5.10 Å². The Morgan fingerprint density at radius 2 is 2.29 bits per heavy atom. The molecule has 0 spiro atoms. The highest BCUT2D eigenvalue weighted by molar-refractivity contribution is 5.84. The highest BCUT2D eigenvalue weighted by Crippen LogP contribution is 2.15. The van der Waals surface area contributed by atoms with Gasteiger partial charge in [0.2, 0.25) is 0 Å². The SMILES string of the molecule is CCOC(=O)c1nc(C(F)F)n(C)n1. The molecule has 5 nitrogen and oxygen atoms in total. The van der Waals surface area contributed by atoms with Gasteiger partial charge in [0.25, 0.3) is 12.2 Å². The van der Waals surface area contributed by atoms with E-state index in [-0.39, 0.29) is 12.4 Å². The molecule has 1 aromatic rings. The maximum atomic E-state index is 12.2. The van der Waals surface area contributed by atoms with Crippen molar-refractivity contribution in [2.45, 2.75) is 13.3 Å². The van der Waals surface area contributed by atoms with Crippen LogP contribution in [0, 0.1) is 0 Å². The second kappa shape index (κ2) is 4.12. The average Bonchev–Trinajstić information content (AvgIpc) is 2.48. The molecule has 0 radical (unpaired) electrons. The van der Waals surface area contributed by atoms with Crippen molar-refractivity contribution in [3.8, 4) is 0 Å². The second-order valence-corrected chi connectivity index (χ2v) is 2.44. The number of alkyl halides is 2. The lowest BCUT2D eigenvalue weighted by molar-refractivity contribution is 0.0511. The molecule has 78 valence electrons. The number of halogens is 2. The van der Waals surface area contributed by atoms with Gasteiger partial charge in [-0.3, -0.25) is 0 Å². The largest absolute Gasteiger partial charge is 0.460 e. The van der Waals surface area contributed by atoms with Gasteiger partial charge in [-0.25, -0.2) is 18.3 Å². The summed E-state index contributed by atoms with van der Waals surface area (Å²) < 4.78 is 29.8. The van der Waals surface area contributed by atoms with Crippen LogP contribution in [0.25, 0.3) is 0 Å². The van der Waals surface area contributed by atoms with Crippen LogP contribution in [-0.4, -0.2) is 27.3 Å². The number of rotatable bonds is 3. The zero-order valence-electron chi connectivity index (χ0n) is 7.70. The molecule has 0 fully saturated rings. The molecule has 1 rings (SSSR count). The molecule has 0 aliphatic carbocycles. The van der Waals surface area contributed by atoms with Crippen LogP contribution < -0.4 is 0 Å². The number of aromatic nitrogens is 3. The standard InChI is InChI=1S/C7H9F2N3O2/c1-3-14-7(13)5-10-6(4(8)9)12(2)11-5/h4H,3H2,1-2H3. The van der Waals surface area contributed by atoms with Crippen LogP contribution in [0.15, 0.2) is 0 Å². The van der Waals surface area contributed by atoms with Gasteiger partial charge in [-0.2, -0.15) is 4.98 Å². The lowest BCUT2D eigenvalue weighted by Gasteiger charge is -1.94. The molecule has 0 N–H and O–H groups in total. The van der Waals surface area contributed by atoms with Gasteiger partial charge < -0.3 is 4.74 Å². The molecule has 7 heteroatoms. The molecule has 0 saturated heterocycles. The van der Waals surface area contributed by atoms with E-state index in [1.807, 2.05) is 0 Å². The number of hydrogen-bond donors (Lipinski definition) is 0. The van der Waals surface area contributed by atoms with E-state index in [0.717, 1.165) is 4.68 Å². The third-order valence-electron chi connectivity index (χ3n) is 1.45. The first-order chi connectivity index (χ1) is 6.56. The van der Waals surface area contributed by atoms with Crippen LogP contribution in [0.1, 0.15) is 29.8 Å². The molecule has 0 unspecified atom stereocenters. The summed E-state index contributed by atoms with van der Waals surface area (Å²) >= 11 is 0. The molecule has 1 heterocycles. The maximum absolute atomic E-state index is 12.2. The van der Waals surface area contributed by atoms with Crippen molar-refractivity contribution in [3.05, 3.63) is 11.6 Å². The number of hydrogen-bond acceptors (Lipinski definition) is 4. The summed E-state index contributed by atoms with van der Waals surface area (Å²) in [6.45, 7) is 1.76. The third-order valence-corrected chi connectivity index (χ3v) is 1.45. The van der Waals surface area contributed by atoms with E-state index in [9.17, 15) is 13.6 Å². The van der Waals surface area contributed by atoms with E-state index in [1.54, 1.807) is 6.92 Å². The molecule has 1 aromatic heterocycles. The summed E-state index contributed by atoms with van der Waals surface area (Å²) in [5.41, 5.74) is 0. The van der Waals surface area contributed by atoms with Crippen LogP contribution in [0.2, 0.25) is 0 Å². The Kier molecular flexibility index (Phi) is 3.10. The Hall–Kier alpha value is -1.53. The van der Waals surface area contributed by atoms with E-state index >= 15 is 0 Å². The summed E-state index contributed by atoms with van der Waals surface area (Å²) in [7, 11) is 1.29. The second-order valence-electron chi connectivity index (χ2n) is 2.44. The van der Waals surface area contributed by atoms with Crippen molar-refractivity contribution < 1.29 is 18.3 Å². The Morgan fingerprint density at radius 3 is 2.71 bits per heavy atom. The first-order valence-corrected chi connectivity index (χ1v) is 3.92. The Labute approximate surface area is 78.7 Å². The van der Waals surface area contributed by atoms with Crippen molar-refractivity contribution in [2.24, 2.45) is 7.05 Å². The minimum atomic E-state index is -2.75. The van der Waals surface area contributed by atoms with Crippen LogP contribution >= 0.6 is 0 Å². The van der Waals surface area contributed by atoms with Gasteiger partial charge in [0.05, 0.1) is 6.61 Å². The lowest BCUT2D eigenvalue weighted by Crippen LogP contribution is -2.07. The fraction of sp³-hybridized carbons (Fsp3) is 0.571. The predicted octanol–water partition coefficient (Wildman–Crippen LogP) is 0.929. The van der Waals surface area contributed by atoms with Gasteiger partial charge in [0.15, 0.2) is 5.82 Å². The highest BCUT2D eigenvalue weighted by Gasteiger charge is 2.20. The van der Waals surface area contributed by atoms with Crippen molar-refractivity contribution in [2.75, 3.05) is 6.61 Å². The molecule has 0 bridgehead atoms. The van der Waals surface area contributed by atoms with Crippen LogP contribution in [0.4, 0.5) is 8.78 Å². The van der Waals surface area contributed by atoms with Gasteiger partial charge in [-0.1, -0.05) is 0 Å². The number of nitrogens with zero attached hydrogens (tertiary/aromatic N) is 3. The van der Waals surface area contributed by atoms with E-state index in [0.29, 0.717) is 0 Å². The van der Waals surface area contributed by atoms with Crippen molar-refractivity contribution in [3.63, 3.8) is 0 Å². The fourth-order valence-electron chi connectivity index (χ4n) is 0.869. The zero-order chi connectivity index (χ0) is 10.7. The lowest BCUT2D eigenvalue weighted by atomic mass is 10.6. The van der Waals surface area contributed by atoms with E-state index in [2.05, 4.69) is 14.8 Å². The monoisotopic (exact) mass is 205 g/mol. The average molecular weight is 205 g/mol. The predicted molar refractivity (Wildman–Crippen MR) is 41.9 cm³/mol. The van der Waals surface area contributed by atoms with Crippen LogP contribution in [-0.2, 0) is 11.8 Å². The summed E-state index contributed by atoms with van der Waals surface area (Å²) in [5.74, 6) is -1.69. The summed E-state index contributed by atoms with van der Waals surface area (Å²) in [4.78, 5) is 14.4. The molecular formula is C7H9F2N3O2. The molecule has 0 aliphatic heterocycles. The topological polar surface area (TPSA) is 57.0 Å². The Bertz CT molecular complexity index is 338. The number of esters is 1.